The minimum Gasteiger partial charge on any atom is -0.390 e. The number of anilines is 1. The Kier molecular flexibility index (Phi) is 7.28. The zero-order chi connectivity index (χ0) is 27.1. The number of rotatable bonds is 8. The van der Waals surface area contributed by atoms with E-state index in [4.69, 9.17) is 8.92 Å². The van der Waals surface area contributed by atoms with Crippen molar-refractivity contribution in [1.82, 2.24) is 14.7 Å². The number of nitrogens with one attached hydrogen (secondary N) is 2. The summed E-state index contributed by atoms with van der Waals surface area (Å²) in [6, 6.07) is 7.38. The summed E-state index contributed by atoms with van der Waals surface area (Å²) in [5, 5.41) is 15.1. The maximum absolute atomic E-state index is 14.3. The number of halogens is 2. The van der Waals surface area contributed by atoms with Crippen molar-refractivity contribution in [2.24, 2.45) is 0 Å². The molecule has 202 valence electrons. The maximum Gasteiger partial charge on any atom is 0.335 e. The second-order valence-electron chi connectivity index (χ2n) is 9.01. The number of carbonyl (C=O) groups is 1. The van der Waals surface area contributed by atoms with Crippen LogP contribution in [0.15, 0.2) is 48.2 Å². The van der Waals surface area contributed by atoms with Gasteiger partial charge < -0.3 is 15.2 Å². The zero-order valence-electron chi connectivity index (χ0n) is 20.0. The zero-order valence-corrected chi connectivity index (χ0v) is 21.6. The van der Waals surface area contributed by atoms with E-state index >= 15 is 0 Å². The first-order chi connectivity index (χ1) is 18.1. The lowest BCUT2D eigenvalue weighted by atomic mass is 9.92. The van der Waals surface area contributed by atoms with Gasteiger partial charge in [0.05, 0.1) is 16.5 Å². The SMILES string of the molecule is CNS(=O)(=O)O[C@@H]1C[C@H](Nc2ncncc2C(=O)c2cc([C@@H]3OCC(F)(F)c4ccccc43)cs2)C[C@@H]1O. The van der Waals surface area contributed by atoms with E-state index in [2.05, 4.69) is 15.3 Å². The third-order valence-corrected chi connectivity index (χ3v) is 8.43. The lowest BCUT2D eigenvalue weighted by Crippen LogP contribution is -2.31. The summed E-state index contributed by atoms with van der Waals surface area (Å²) in [5.74, 6) is -3.27. The van der Waals surface area contributed by atoms with Crippen LogP contribution >= 0.6 is 11.3 Å². The number of nitrogens with zero attached hydrogens (tertiary/aromatic N) is 2. The molecule has 0 radical (unpaired) electrons. The highest BCUT2D eigenvalue weighted by Gasteiger charge is 2.42. The number of ketones is 1. The molecular weight excluding hydrogens is 542 g/mol. The molecular formula is C24H24F2N4O6S2. The summed E-state index contributed by atoms with van der Waals surface area (Å²) >= 11 is 1.15. The van der Waals surface area contributed by atoms with Crippen LogP contribution in [0.1, 0.15) is 50.9 Å². The van der Waals surface area contributed by atoms with Crippen molar-refractivity contribution in [3.63, 3.8) is 0 Å². The van der Waals surface area contributed by atoms with Gasteiger partial charge in [-0.1, -0.05) is 24.3 Å². The summed E-state index contributed by atoms with van der Waals surface area (Å²) in [6.07, 6.45) is 0.212. The number of thiophene rings is 1. The number of alkyl halides is 2. The Morgan fingerprint density at radius 2 is 2.08 bits per heavy atom. The normalized spacial score (nSPS) is 24.6. The predicted molar refractivity (Wildman–Crippen MR) is 133 cm³/mol. The van der Waals surface area contributed by atoms with Crippen LogP contribution in [0.2, 0.25) is 0 Å². The van der Waals surface area contributed by atoms with Crippen molar-refractivity contribution in [3.05, 3.63) is 75.4 Å². The third-order valence-electron chi connectivity index (χ3n) is 6.48. The van der Waals surface area contributed by atoms with Crippen LogP contribution in [0.5, 0.6) is 0 Å². The number of aliphatic hydroxyl groups excluding tert-OH is 1. The van der Waals surface area contributed by atoms with Crippen LogP contribution < -0.4 is 10.0 Å². The Labute approximate surface area is 221 Å². The van der Waals surface area contributed by atoms with Crippen LogP contribution in [0, 0.1) is 0 Å². The van der Waals surface area contributed by atoms with Gasteiger partial charge in [0, 0.05) is 24.8 Å². The largest absolute Gasteiger partial charge is 0.390 e. The monoisotopic (exact) mass is 566 g/mol. The molecule has 0 spiro atoms. The number of carbonyl (C=O) groups excluding carboxylic acids is 1. The number of ether oxygens (including phenoxy) is 1. The van der Waals surface area contributed by atoms with Gasteiger partial charge in [-0.25, -0.2) is 9.97 Å². The van der Waals surface area contributed by atoms with Gasteiger partial charge in [0.25, 0.3) is 5.92 Å². The van der Waals surface area contributed by atoms with E-state index in [1.54, 1.807) is 29.6 Å². The number of aromatic nitrogens is 2. The number of aliphatic hydroxyl groups is 1. The smallest absolute Gasteiger partial charge is 0.335 e. The number of hydrogen-bond acceptors (Lipinski definition) is 10. The van der Waals surface area contributed by atoms with Crippen molar-refractivity contribution >= 4 is 33.2 Å². The minimum atomic E-state index is -3.99. The van der Waals surface area contributed by atoms with Crippen molar-refractivity contribution in [1.29, 1.82) is 0 Å². The summed E-state index contributed by atoms with van der Waals surface area (Å²) in [5.41, 5.74) is 1.00. The van der Waals surface area contributed by atoms with Crippen LogP contribution in [0.3, 0.4) is 0 Å². The molecule has 3 N–H and O–H groups in total. The Morgan fingerprint density at radius 3 is 2.87 bits per heavy atom. The molecule has 2 aliphatic rings. The van der Waals surface area contributed by atoms with Crippen LogP contribution in [-0.2, 0) is 25.1 Å². The summed E-state index contributed by atoms with van der Waals surface area (Å²) in [6.45, 7) is -0.762. The second kappa shape index (κ2) is 10.4. The fraction of sp³-hybridized carbons (Fsp3) is 0.375. The average Bonchev–Trinajstić information content (AvgIpc) is 3.51. The average molecular weight is 567 g/mol. The van der Waals surface area contributed by atoms with Gasteiger partial charge in [-0.3, -0.25) is 8.98 Å². The van der Waals surface area contributed by atoms with Crippen molar-refractivity contribution in [3.8, 4) is 0 Å². The molecule has 1 aromatic carbocycles. The molecule has 0 saturated heterocycles. The fourth-order valence-corrected chi connectivity index (χ4v) is 6.15. The third kappa shape index (κ3) is 5.32. The van der Waals surface area contributed by atoms with Gasteiger partial charge in [0.2, 0.25) is 5.78 Å². The summed E-state index contributed by atoms with van der Waals surface area (Å²) < 4.78 is 64.6. The van der Waals surface area contributed by atoms with Crippen molar-refractivity contribution in [2.45, 2.75) is 43.1 Å². The highest BCUT2D eigenvalue weighted by atomic mass is 32.2. The van der Waals surface area contributed by atoms with E-state index in [-0.39, 0.29) is 35.6 Å². The molecule has 0 bridgehead atoms. The maximum atomic E-state index is 14.3. The minimum absolute atomic E-state index is 0.0955. The van der Waals surface area contributed by atoms with E-state index < -0.39 is 47.2 Å². The Morgan fingerprint density at radius 1 is 1.29 bits per heavy atom. The molecule has 5 rings (SSSR count). The van der Waals surface area contributed by atoms with Gasteiger partial charge in [0.1, 0.15) is 31.0 Å². The Bertz CT molecular complexity index is 1450. The van der Waals surface area contributed by atoms with E-state index in [0.29, 0.717) is 16.0 Å². The van der Waals surface area contributed by atoms with Crippen LogP contribution in [-0.4, -0.2) is 61.2 Å². The number of fused-ring (bicyclic) bond motifs is 1. The van der Waals surface area contributed by atoms with Crippen molar-refractivity contribution in [2.75, 3.05) is 19.0 Å². The molecule has 4 atom stereocenters. The first-order valence-corrected chi connectivity index (χ1v) is 13.9. The Balaban J connectivity index is 1.34. The summed E-state index contributed by atoms with van der Waals surface area (Å²) in [4.78, 5) is 21.9. The highest BCUT2D eigenvalue weighted by molar-refractivity contribution is 7.84. The topological polar surface area (TPSA) is 140 Å². The number of hydrogen-bond donors (Lipinski definition) is 3. The number of benzene rings is 1. The fourth-order valence-electron chi connectivity index (χ4n) is 4.64. The lowest BCUT2D eigenvalue weighted by molar-refractivity contribution is -0.115. The molecule has 3 aromatic rings. The molecule has 1 saturated carbocycles. The first kappa shape index (κ1) is 26.7. The van der Waals surface area contributed by atoms with Gasteiger partial charge in [0.15, 0.2) is 0 Å². The standard InChI is InChI=1S/C24H24F2N4O6S2/c1-27-38(33,34)36-19-8-14(7-18(19)31)30-23-16(9-28-12-29-23)21(32)20-6-13(10-37-20)22-15-4-2-3-5-17(15)24(25,26)11-35-22/h2-6,9-10,12,14,18-19,22,27,31H,7-8,11H2,1H3,(H,28,29,30)/t14-,18+,19-,22+/m1/s1. The van der Waals surface area contributed by atoms with Crippen LogP contribution in [0.25, 0.3) is 0 Å². The molecule has 3 heterocycles. The molecule has 38 heavy (non-hydrogen) atoms. The molecule has 2 aromatic heterocycles. The quantitative estimate of drug-likeness (QED) is 0.351. The molecule has 1 aliphatic carbocycles. The molecule has 0 unspecified atom stereocenters. The van der Waals surface area contributed by atoms with Gasteiger partial charge in [-0.15, -0.1) is 11.3 Å². The van der Waals surface area contributed by atoms with E-state index in [1.807, 2.05) is 4.72 Å². The highest BCUT2D eigenvalue weighted by Crippen LogP contribution is 2.43. The van der Waals surface area contributed by atoms with Crippen LogP contribution in [0.4, 0.5) is 14.6 Å². The molecule has 1 aliphatic heterocycles. The Hall–Kier alpha value is -2.88. The van der Waals surface area contributed by atoms with Gasteiger partial charge in [-0.05, 0) is 35.4 Å². The van der Waals surface area contributed by atoms with Crippen molar-refractivity contribution < 1.29 is 36.0 Å². The first-order valence-electron chi connectivity index (χ1n) is 11.7. The van der Waals surface area contributed by atoms with Gasteiger partial charge >= 0.3 is 10.3 Å². The van der Waals surface area contributed by atoms with E-state index in [0.717, 1.165) is 11.3 Å². The molecule has 1 fully saturated rings. The van der Waals surface area contributed by atoms with E-state index in [9.17, 15) is 27.1 Å². The predicted octanol–water partition coefficient (Wildman–Crippen LogP) is 2.77. The van der Waals surface area contributed by atoms with Gasteiger partial charge in [-0.2, -0.15) is 21.9 Å². The van der Waals surface area contributed by atoms with E-state index in [1.165, 1.54) is 25.6 Å². The molecule has 14 heteroatoms. The second-order valence-corrected chi connectivity index (χ2v) is 11.4. The molecule has 0 amide bonds. The lowest BCUT2D eigenvalue weighted by Gasteiger charge is -2.31. The molecule has 10 nitrogen and oxygen atoms in total. The summed E-state index contributed by atoms with van der Waals surface area (Å²) in [7, 11) is -2.79.